The van der Waals surface area contributed by atoms with Crippen LogP contribution in [0.15, 0.2) is 34.9 Å². The van der Waals surface area contributed by atoms with Crippen LogP contribution in [0.2, 0.25) is 0 Å². The van der Waals surface area contributed by atoms with Crippen molar-refractivity contribution in [3.05, 3.63) is 50.5 Å². The molecule has 0 radical (unpaired) electrons. The predicted molar refractivity (Wildman–Crippen MR) is 86.6 cm³/mol. The molecule has 0 saturated carbocycles. The van der Waals surface area contributed by atoms with Crippen molar-refractivity contribution in [3.8, 4) is 6.07 Å². The number of nitriles is 1. The van der Waals surface area contributed by atoms with E-state index in [1.807, 2.05) is 11.0 Å². The Labute approximate surface area is 142 Å². The zero-order valence-corrected chi connectivity index (χ0v) is 13.4. The van der Waals surface area contributed by atoms with Crippen molar-refractivity contribution in [2.45, 2.75) is 5.37 Å². The minimum absolute atomic E-state index is 0.0367. The second-order valence-corrected chi connectivity index (χ2v) is 6.31. The summed E-state index contributed by atoms with van der Waals surface area (Å²) >= 11 is 1.32. The second kappa shape index (κ2) is 6.90. The number of nitro groups is 1. The van der Waals surface area contributed by atoms with E-state index >= 15 is 0 Å². The van der Waals surface area contributed by atoms with E-state index in [1.54, 1.807) is 12.1 Å². The number of rotatable bonds is 3. The van der Waals surface area contributed by atoms with Gasteiger partial charge in [-0.2, -0.15) is 5.26 Å². The Morgan fingerprint density at radius 1 is 1.42 bits per heavy atom. The van der Waals surface area contributed by atoms with E-state index in [-0.39, 0.29) is 11.3 Å². The molecule has 1 saturated heterocycles. The number of nitro benzene ring substituents is 1. The summed E-state index contributed by atoms with van der Waals surface area (Å²) in [6, 6.07) is 8.10. The van der Waals surface area contributed by atoms with Crippen molar-refractivity contribution >= 4 is 23.4 Å². The molecule has 0 bridgehead atoms. The first-order valence-electron chi connectivity index (χ1n) is 7.29. The highest BCUT2D eigenvalue weighted by molar-refractivity contribution is 8.03. The fraction of sp³-hybridized carbons (Fsp3) is 0.333. The number of hydrogen-bond acceptors (Lipinski definition) is 7. The molecule has 0 aromatic heterocycles. The fourth-order valence-corrected chi connectivity index (χ4v) is 3.80. The molecule has 24 heavy (non-hydrogen) atoms. The van der Waals surface area contributed by atoms with Gasteiger partial charge in [0.2, 0.25) is 0 Å². The Kier molecular flexibility index (Phi) is 4.69. The molecular formula is C15H14N4O4S. The van der Waals surface area contributed by atoms with Gasteiger partial charge in [0, 0.05) is 25.2 Å². The monoisotopic (exact) mass is 346 g/mol. The van der Waals surface area contributed by atoms with E-state index in [1.165, 1.54) is 23.9 Å². The first kappa shape index (κ1) is 16.3. The average Bonchev–Trinajstić information content (AvgIpc) is 2.62. The molecule has 0 aliphatic carbocycles. The number of morpholine rings is 1. The summed E-state index contributed by atoms with van der Waals surface area (Å²) in [7, 11) is 0. The Balaban J connectivity index is 1.92. The van der Waals surface area contributed by atoms with E-state index in [2.05, 4.69) is 5.32 Å². The Hall–Kier alpha value is -2.57. The van der Waals surface area contributed by atoms with Crippen LogP contribution in [0.25, 0.3) is 0 Å². The Bertz CT molecular complexity index is 752. The first-order chi connectivity index (χ1) is 11.6. The molecular weight excluding hydrogens is 332 g/mol. The number of ether oxygens (including phenoxy) is 1. The van der Waals surface area contributed by atoms with Crippen LogP contribution in [0.4, 0.5) is 5.69 Å². The highest BCUT2D eigenvalue weighted by Crippen LogP contribution is 2.40. The highest BCUT2D eigenvalue weighted by atomic mass is 32.2. The van der Waals surface area contributed by atoms with Crippen molar-refractivity contribution in [3.63, 3.8) is 0 Å². The van der Waals surface area contributed by atoms with Gasteiger partial charge in [0.05, 0.1) is 23.2 Å². The van der Waals surface area contributed by atoms with Crippen molar-refractivity contribution in [2.24, 2.45) is 0 Å². The molecule has 1 amide bonds. The van der Waals surface area contributed by atoms with Crippen LogP contribution >= 0.6 is 11.8 Å². The third-order valence-corrected chi connectivity index (χ3v) is 5.04. The standard InChI is InChI=1S/C15H14N4O4S/c16-9-12-13(20)17-14(10-2-1-3-11(8-10)19(21)22)24-15(12)18-4-6-23-7-5-18/h1-3,8,14H,4-7H2,(H,17,20). The van der Waals surface area contributed by atoms with Gasteiger partial charge >= 0.3 is 0 Å². The van der Waals surface area contributed by atoms with E-state index in [4.69, 9.17) is 4.74 Å². The quantitative estimate of drug-likeness (QED) is 0.653. The van der Waals surface area contributed by atoms with Gasteiger partial charge in [-0.15, -0.1) is 0 Å². The molecule has 1 aromatic carbocycles. The third-order valence-electron chi connectivity index (χ3n) is 3.73. The maximum Gasteiger partial charge on any atom is 0.269 e. The molecule has 1 unspecified atom stereocenters. The molecule has 1 aromatic rings. The van der Waals surface area contributed by atoms with Gasteiger partial charge < -0.3 is 15.0 Å². The van der Waals surface area contributed by atoms with Crippen molar-refractivity contribution in [1.29, 1.82) is 5.26 Å². The van der Waals surface area contributed by atoms with E-state index in [9.17, 15) is 20.2 Å². The van der Waals surface area contributed by atoms with Crippen LogP contribution in [-0.4, -0.2) is 42.0 Å². The van der Waals surface area contributed by atoms with E-state index in [0.29, 0.717) is 36.9 Å². The highest BCUT2D eigenvalue weighted by Gasteiger charge is 2.32. The smallest absolute Gasteiger partial charge is 0.269 e. The molecule has 2 aliphatic rings. The number of nitrogens with zero attached hydrogens (tertiary/aromatic N) is 3. The van der Waals surface area contributed by atoms with Gasteiger partial charge in [0.1, 0.15) is 17.0 Å². The third kappa shape index (κ3) is 3.20. The van der Waals surface area contributed by atoms with E-state index < -0.39 is 16.2 Å². The molecule has 2 aliphatic heterocycles. The number of amides is 1. The molecule has 0 spiro atoms. The minimum Gasteiger partial charge on any atom is -0.378 e. The normalized spacial score (nSPS) is 21.2. The fourth-order valence-electron chi connectivity index (χ4n) is 2.54. The topological polar surface area (TPSA) is 108 Å². The Morgan fingerprint density at radius 2 is 2.17 bits per heavy atom. The molecule has 1 atom stereocenters. The molecule has 8 nitrogen and oxygen atoms in total. The summed E-state index contributed by atoms with van der Waals surface area (Å²) in [5, 5.41) is 23.1. The van der Waals surface area contributed by atoms with Crippen molar-refractivity contribution in [1.82, 2.24) is 10.2 Å². The average molecular weight is 346 g/mol. The van der Waals surface area contributed by atoms with Gasteiger partial charge in [-0.25, -0.2) is 0 Å². The summed E-state index contributed by atoms with van der Waals surface area (Å²) < 4.78 is 5.31. The first-order valence-corrected chi connectivity index (χ1v) is 8.17. The molecule has 3 rings (SSSR count). The van der Waals surface area contributed by atoms with Crippen LogP contribution in [0.3, 0.4) is 0 Å². The van der Waals surface area contributed by atoms with Crippen LogP contribution in [0, 0.1) is 21.4 Å². The Morgan fingerprint density at radius 3 is 2.83 bits per heavy atom. The largest absolute Gasteiger partial charge is 0.378 e. The lowest BCUT2D eigenvalue weighted by atomic mass is 10.2. The summed E-state index contributed by atoms with van der Waals surface area (Å²) in [4.78, 5) is 24.7. The van der Waals surface area contributed by atoms with Crippen molar-refractivity contribution in [2.75, 3.05) is 26.3 Å². The zero-order chi connectivity index (χ0) is 17.1. The van der Waals surface area contributed by atoms with Crippen LogP contribution in [-0.2, 0) is 9.53 Å². The number of carbonyl (C=O) groups is 1. The summed E-state index contributed by atoms with van der Waals surface area (Å²) in [5.74, 6) is -0.464. The van der Waals surface area contributed by atoms with E-state index in [0.717, 1.165) is 0 Å². The maximum atomic E-state index is 12.3. The van der Waals surface area contributed by atoms with Gasteiger partial charge in [-0.05, 0) is 5.56 Å². The molecule has 2 heterocycles. The second-order valence-electron chi connectivity index (χ2n) is 5.21. The van der Waals surface area contributed by atoms with Gasteiger partial charge in [0.15, 0.2) is 0 Å². The molecule has 9 heteroatoms. The summed E-state index contributed by atoms with van der Waals surface area (Å²) in [6.07, 6.45) is 0. The number of hydrogen-bond donors (Lipinski definition) is 1. The number of nitrogens with one attached hydrogen (secondary N) is 1. The summed E-state index contributed by atoms with van der Waals surface area (Å²) in [6.45, 7) is 2.27. The predicted octanol–water partition coefficient (Wildman–Crippen LogP) is 1.52. The maximum absolute atomic E-state index is 12.3. The lowest BCUT2D eigenvalue weighted by Crippen LogP contribution is -2.40. The SMILES string of the molecule is N#CC1=C(N2CCOCC2)SC(c2cccc([N+](=O)[O-])c2)NC1=O. The van der Waals surface area contributed by atoms with Gasteiger partial charge in [-0.1, -0.05) is 23.9 Å². The lowest BCUT2D eigenvalue weighted by molar-refractivity contribution is -0.384. The summed E-state index contributed by atoms with van der Waals surface area (Å²) in [5.41, 5.74) is 0.652. The van der Waals surface area contributed by atoms with Crippen LogP contribution in [0.5, 0.6) is 0 Å². The van der Waals surface area contributed by atoms with Crippen LogP contribution in [0.1, 0.15) is 10.9 Å². The number of thioether (sulfide) groups is 1. The molecule has 1 fully saturated rings. The number of benzene rings is 1. The van der Waals surface area contributed by atoms with Gasteiger partial charge in [-0.3, -0.25) is 14.9 Å². The molecule has 1 N–H and O–H groups in total. The zero-order valence-electron chi connectivity index (χ0n) is 12.6. The lowest BCUT2D eigenvalue weighted by Gasteiger charge is -2.35. The van der Waals surface area contributed by atoms with Gasteiger partial charge in [0.25, 0.3) is 11.6 Å². The van der Waals surface area contributed by atoms with Crippen molar-refractivity contribution < 1.29 is 14.5 Å². The molecule has 124 valence electrons. The minimum atomic E-state index is -0.479. The van der Waals surface area contributed by atoms with Crippen LogP contribution < -0.4 is 5.32 Å². The number of carbonyl (C=O) groups excluding carboxylic acids is 1. The number of non-ortho nitro benzene ring substituents is 1.